The molecule has 6 saturated heterocycles. The fourth-order valence-electron chi connectivity index (χ4n) is 17.9. The smallest absolute Gasteiger partial charge is 0.260 e. The van der Waals surface area contributed by atoms with Gasteiger partial charge in [0, 0.05) is 214 Å². The molecule has 0 saturated carbocycles. The van der Waals surface area contributed by atoms with Gasteiger partial charge in [-0.05, 0) is 145 Å². The van der Waals surface area contributed by atoms with Gasteiger partial charge < -0.3 is 88.5 Å². The van der Waals surface area contributed by atoms with E-state index in [0.717, 1.165) is 173 Å². The molecule has 0 unspecified atom stereocenters. The lowest BCUT2D eigenvalue weighted by atomic mass is 10.0. The van der Waals surface area contributed by atoms with E-state index in [4.69, 9.17) is 24.2 Å². The van der Waals surface area contributed by atoms with Crippen LogP contribution in [0.1, 0.15) is 97.2 Å². The molecular weight excluding hydrogens is 1570 g/mol. The summed E-state index contributed by atoms with van der Waals surface area (Å²) < 4.78 is 17.1. The van der Waals surface area contributed by atoms with E-state index in [1.165, 1.54) is 11.0 Å². The molecule has 0 bridgehead atoms. The average Bonchev–Trinajstić information content (AvgIpc) is 1.60. The summed E-state index contributed by atoms with van der Waals surface area (Å²) in [7, 11) is 22.2. The zero-order valence-electron chi connectivity index (χ0n) is 73.6. The third-order valence-corrected chi connectivity index (χ3v) is 25.7. The van der Waals surface area contributed by atoms with Crippen LogP contribution in [-0.4, -0.2) is 337 Å². The topological polar surface area (TPSA) is 283 Å². The maximum absolute atomic E-state index is 13.5. The molecule has 2 N–H and O–H groups in total. The third-order valence-electron chi connectivity index (χ3n) is 25.7. The Morgan fingerprint density at radius 2 is 0.806 bits per heavy atom. The zero-order valence-corrected chi connectivity index (χ0v) is 73.6. The Morgan fingerprint density at radius 1 is 0.419 bits per heavy atom. The fourth-order valence-corrected chi connectivity index (χ4v) is 17.9. The molecule has 8 aromatic rings. The highest BCUT2D eigenvalue weighted by molar-refractivity contribution is 6.14. The van der Waals surface area contributed by atoms with Gasteiger partial charge in [0.05, 0.1) is 79.5 Å². The van der Waals surface area contributed by atoms with E-state index in [0.29, 0.717) is 133 Å². The first-order valence-corrected chi connectivity index (χ1v) is 43.0. The van der Waals surface area contributed by atoms with Gasteiger partial charge in [0.25, 0.3) is 35.4 Å². The van der Waals surface area contributed by atoms with Crippen LogP contribution in [0.4, 0.5) is 80.8 Å². The predicted molar refractivity (Wildman–Crippen MR) is 484 cm³/mol. The van der Waals surface area contributed by atoms with Crippen molar-refractivity contribution in [2.24, 2.45) is 0 Å². The van der Waals surface area contributed by atoms with Crippen LogP contribution >= 0.6 is 0 Å². The van der Waals surface area contributed by atoms with Crippen LogP contribution in [0.5, 0.6) is 17.2 Å². The number of carbonyl (C=O) groups excluding carboxylic acids is 6. The quantitative estimate of drug-likeness (QED) is 0.0911. The summed E-state index contributed by atoms with van der Waals surface area (Å²) in [5.74, 6) is 4.32. The lowest BCUT2D eigenvalue weighted by Crippen LogP contribution is -2.52. The average molecular weight is 1690 g/mol. The third kappa shape index (κ3) is 18.6. The van der Waals surface area contributed by atoms with Crippen molar-refractivity contribution < 1.29 is 43.0 Å². The Balaban J connectivity index is 0.000000144. The standard InChI is InChI=1S/2C32H40N8O3.C27H36N8O3/c1-35-16-18-39(19-17-35)23-12-14-40(15-13-23)30(41)22-10-11-26(28(20-22)43-5)38(4)32-33-21-27-29(34-32)36(2)25-9-7-6-8-24(25)31(42)37(27)3;1-5-40-27-21-33-32(35-29(27)37(3)26-9-7-6-8-24(26)31(40)42)34-25-11-10-22(20-28(25)43-4)30(41)39-14-12-23(13-15-39)38-18-16-36(2)17-19-38;1-31-13-15-34(16-14-31)20-7-11-35(12-8-20)26(37)19-5-6-21(23(17-19)38-4)29-27-28-18-22-25(30-27)32(2)10-9-24(36)33(22)3/h6-11,20-21,23H,12-19H2,1-5H3;6-11,20-21,23H,5,12-19H2,1-4H3,(H,33,34,35);5-6,9-10,17-18,20H,7-8,11-16H2,1-4H3,(H,28,29,30). The Morgan fingerprint density at radius 3 is 1.25 bits per heavy atom. The normalized spacial score (nSPS) is 18.6. The van der Waals surface area contributed by atoms with Gasteiger partial charge in [-0.15, -0.1) is 0 Å². The number of piperazine rings is 3. The molecule has 0 aliphatic carbocycles. The summed E-state index contributed by atoms with van der Waals surface area (Å²) in [5.41, 5.74) is 8.46. The van der Waals surface area contributed by atoms with Crippen LogP contribution < -0.4 is 59.1 Å². The number of fused-ring (bicyclic) bond motifs is 5. The molecule has 654 valence electrons. The van der Waals surface area contributed by atoms with Gasteiger partial charge in [-0.3, -0.25) is 43.5 Å². The number of aromatic nitrogens is 6. The van der Waals surface area contributed by atoms with Gasteiger partial charge in [0.15, 0.2) is 17.5 Å². The molecule has 6 fully saturated rings. The Hall–Kier alpha value is -12.1. The molecule has 3 aromatic heterocycles. The number of carbonyl (C=O) groups is 6. The highest BCUT2D eigenvalue weighted by Gasteiger charge is 2.37. The number of nitrogens with one attached hydrogen (secondary N) is 2. The number of para-hydroxylation sites is 2. The predicted octanol–water partition coefficient (Wildman–Crippen LogP) is 9.30. The minimum atomic E-state index is -0.148. The molecular formula is C91H116N24O9. The Kier molecular flexibility index (Phi) is 26.8. The van der Waals surface area contributed by atoms with E-state index in [-0.39, 0.29) is 35.4 Å². The van der Waals surface area contributed by atoms with Crippen LogP contribution in [0.3, 0.4) is 0 Å². The zero-order chi connectivity index (χ0) is 87.1. The van der Waals surface area contributed by atoms with Crippen LogP contribution in [0.2, 0.25) is 0 Å². The van der Waals surface area contributed by atoms with Crippen molar-refractivity contribution in [2.45, 2.75) is 63.6 Å². The van der Waals surface area contributed by atoms with Gasteiger partial charge >= 0.3 is 0 Å². The number of likely N-dealkylation sites (N-methyl/N-ethyl adjacent to an activating group) is 4. The second-order valence-corrected chi connectivity index (χ2v) is 33.2. The molecule has 33 heteroatoms. The van der Waals surface area contributed by atoms with Gasteiger partial charge in [-0.25, -0.2) is 15.0 Å². The number of rotatable bonds is 16. The van der Waals surface area contributed by atoms with Crippen LogP contribution in [0, 0.1) is 0 Å². The molecule has 6 amide bonds. The number of hydrogen-bond acceptors (Lipinski definition) is 27. The lowest BCUT2D eigenvalue weighted by molar-refractivity contribution is -0.113. The highest BCUT2D eigenvalue weighted by Crippen LogP contribution is 2.43. The first-order valence-electron chi connectivity index (χ1n) is 43.0. The van der Waals surface area contributed by atoms with Gasteiger partial charge in [-0.2, -0.15) is 15.0 Å². The molecule has 9 aliphatic rings. The van der Waals surface area contributed by atoms with E-state index < -0.39 is 0 Å². The summed E-state index contributed by atoms with van der Waals surface area (Å²) >= 11 is 0. The minimum absolute atomic E-state index is 0.0209. The van der Waals surface area contributed by atoms with Crippen LogP contribution in [0.25, 0.3) is 0 Å². The molecule has 0 radical (unpaired) electrons. The first kappa shape index (κ1) is 86.8. The second kappa shape index (κ2) is 38.3. The summed E-state index contributed by atoms with van der Waals surface area (Å²) in [5, 5.41) is 6.46. The molecule has 5 aromatic carbocycles. The molecule has 33 nitrogen and oxygen atoms in total. The largest absolute Gasteiger partial charge is 0.495 e. The first-order chi connectivity index (χ1) is 60.0. The summed E-state index contributed by atoms with van der Waals surface area (Å²) in [6.07, 6.45) is 14.1. The van der Waals surface area contributed by atoms with Crippen molar-refractivity contribution in [1.82, 2.24) is 74.0 Å². The van der Waals surface area contributed by atoms with Crippen molar-refractivity contribution in [1.29, 1.82) is 0 Å². The molecule has 9 aliphatic heterocycles. The molecule has 0 atom stereocenters. The van der Waals surface area contributed by atoms with E-state index in [9.17, 15) is 28.8 Å². The Labute approximate surface area is 726 Å². The van der Waals surface area contributed by atoms with Gasteiger partial charge in [0.1, 0.15) is 34.3 Å². The highest BCUT2D eigenvalue weighted by atomic mass is 16.5. The van der Waals surface area contributed by atoms with Gasteiger partial charge in [-0.1, -0.05) is 24.3 Å². The number of benzene rings is 5. The van der Waals surface area contributed by atoms with Crippen LogP contribution in [0.15, 0.2) is 134 Å². The van der Waals surface area contributed by atoms with Gasteiger partial charge in [0.2, 0.25) is 17.8 Å². The molecule has 17 rings (SSSR count). The van der Waals surface area contributed by atoms with E-state index in [1.54, 1.807) is 93.1 Å². The molecule has 12 heterocycles. The monoisotopic (exact) mass is 1690 g/mol. The number of amides is 6. The summed E-state index contributed by atoms with van der Waals surface area (Å²) in [4.78, 5) is 140. The SMILES string of the molecule is CCN1C(=O)c2ccccc2N(C)c2nc(Nc3ccc(C(=O)N4CCC(N5CCN(C)CC5)CC4)cc3OC)ncc21.COc1cc(C(=O)N2CCC(N3CCN(C)CC3)CC2)ccc1N(C)c1ncc2c(n1)N(C)c1ccccc1C(=O)N2C.COc1cc(C(=O)N2CCC(N3CCN(C)CC3)CC2)ccc1Nc1ncc2c(n1)N(C)C=CC(=O)N2C. The van der Waals surface area contributed by atoms with Crippen molar-refractivity contribution >= 4 is 116 Å². The summed E-state index contributed by atoms with van der Waals surface area (Å²) in [6.45, 7) is 20.3. The number of hydrogen-bond donors (Lipinski definition) is 2. The van der Waals surface area contributed by atoms with Crippen molar-refractivity contribution in [2.75, 3.05) is 254 Å². The maximum atomic E-state index is 13.5. The van der Waals surface area contributed by atoms with Crippen LogP contribution in [-0.2, 0) is 4.79 Å². The number of methoxy groups -OCH3 is 3. The number of piperidine rings is 3. The van der Waals surface area contributed by atoms with E-state index in [1.807, 2.05) is 149 Å². The Bertz CT molecular complexity index is 5240. The number of likely N-dealkylation sites (tertiary alicyclic amines) is 3. The minimum Gasteiger partial charge on any atom is -0.495 e. The summed E-state index contributed by atoms with van der Waals surface area (Å²) in [6, 6.07) is 33.0. The molecule has 124 heavy (non-hydrogen) atoms. The van der Waals surface area contributed by atoms with E-state index >= 15 is 0 Å². The number of anilines is 14. The fraction of sp³-hybridized carbons (Fsp3) is 0.451. The second-order valence-electron chi connectivity index (χ2n) is 33.2. The number of nitrogens with zero attached hydrogens (tertiary/aromatic N) is 22. The van der Waals surface area contributed by atoms with E-state index in [2.05, 4.69) is 81.1 Å². The van der Waals surface area contributed by atoms with Crippen molar-refractivity contribution in [3.05, 3.63) is 162 Å². The molecule has 0 spiro atoms. The maximum Gasteiger partial charge on any atom is 0.260 e. The van der Waals surface area contributed by atoms with Crippen molar-refractivity contribution in [3.63, 3.8) is 0 Å². The number of ether oxygens (including phenoxy) is 3. The lowest BCUT2D eigenvalue weighted by Gasteiger charge is -2.42. The van der Waals surface area contributed by atoms with Crippen molar-refractivity contribution in [3.8, 4) is 17.2 Å².